The molecule has 1 aromatic rings. The van der Waals surface area contributed by atoms with E-state index in [4.69, 9.17) is 4.74 Å². The molecule has 0 fully saturated rings. The molecule has 7 heteroatoms. The second-order valence-electron chi connectivity index (χ2n) is 4.93. The minimum Gasteiger partial charge on any atom is -0.464 e. The van der Waals surface area contributed by atoms with E-state index >= 15 is 0 Å². The van der Waals surface area contributed by atoms with E-state index in [1.165, 1.54) is 18.7 Å². The van der Waals surface area contributed by atoms with Gasteiger partial charge in [0.1, 0.15) is 17.3 Å². The zero-order valence-corrected chi connectivity index (χ0v) is 13.9. The van der Waals surface area contributed by atoms with Crippen LogP contribution in [0.4, 0.5) is 5.69 Å². The fraction of sp³-hybridized carbons (Fsp3) is 0.467. The maximum Gasteiger partial charge on any atom is 0.302 e. The van der Waals surface area contributed by atoms with E-state index in [1.54, 1.807) is 6.07 Å². The molecular formula is C15H21NO5S. The summed E-state index contributed by atoms with van der Waals surface area (Å²) in [7, 11) is -2.39. The largest absolute Gasteiger partial charge is 0.464 e. The summed E-state index contributed by atoms with van der Waals surface area (Å²) in [5.41, 5.74) is 2.56. The molecule has 22 heavy (non-hydrogen) atoms. The molecule has 1 rings (SSSR count). The Balaban J connectivity index is 2.85. The Kier molecular flexibility index (Phi) is 7.04. The van der Waals surface area contributed by atoms with Crippen LogP contribution in [0.1, 0.15) is 25.0 Å². The number of anilines is 1. The quantitative estimate of drug-likeness (QED) is 0.598. The third kappa shape index (κ3) is 5.85. The molecule has 0 aliphatic rings. The fourth-order valence-electron chi connectivity index (χ4n) is 2.09. The number of nitrogens with zero attached hydrogens (tertiary/aromatic N) is 1. The molecule has 0 aliphatic heterocycles. The molecule has 0 N–H and O–H groups in total. The van der Waals surface area contributed by atoms with Gasteiger partial charge < -0.3 is 9.64 Å². The van der Waals surface area contributed by atoms with Gasteiger partial charge in [0, 0.05) is 19.5 Å². The van der Waals surface area contributed by atoms with Crippen LogP contribution in [0.3, 0.4) is 0 Å². The van der Waals surface area contributed by atoms with Crippen LogP contribution in [0.2, 0.25) is 0 Å². The van der Waals surface area contributed by atoms with Crippen molar-refractivity contribution in [1.29, 1.82) is 0 Å². The molecule has 0 aliphatic carbocycles. The molecule has 0 saturated heterocycles. The standard InChI is InChI=1S/C15H21NO5S/c1-11-10-15(5-4-14(11)6-9-22(19)20)16(12(2)17)7-8-21-13(3)18/h4-5,10,22H,6-9H2,1-3H3. The number of benzene rings is 1. The molecule has 122 valence electrons. The van der Waals surface area contributed by atoms with Crippen LogP contribution in [0.25, 0.3) is 0 Å². The van der Waals surface area contributed by atoms with E-state index in [-0.39, 0.29) is 30.8 Å². The number of carbonyl (C=O) groups is 2. The lowest BCUT2D eigenvalue weighted by Crippen LogP contribution is -2.32. The number of carbonyl (C=O) groups excluding carboxylic acids is 2. The maximum atomic E-state index is 11.7. The molecule has 1 aromatic carbocycles. The van der Waals surface area contributed by atoms with Gasteiger partial charge in [-0.15, -0.1) is 0 Å². The summed E-state index contributed by atoms with van der Waals surface area (Å²) in [6.07, 6.45) is 0.457. The van der Waals surface area contributed by atoms with Crippen molar-refractivity contribution in [2.75, 3.05) is 23.8 Å². The van der Waals surface area contributed by atoms with E-state index < -0.39 is 10.7 Å². The molecule has 0 aromatic heterocycles. The van der Waals surface area contributed by atoms with E-state index in [0.29, 0.717) is 12.1 Å². The van der Waals surface area contributed by atoms with Gasteiger partial charge in [0.2, 0.25) is 5.91 Å². The first-order valence-electron chi connectivity index (χ1n) is 6.94. The molecule has 6 nitrogen and oxygen atoms in total. The number of amides is 1. The minimum absolute atomic E-state index is 0.110. The number of hydrogen-bond acceptors (Lipinski definition) is 5. The Bertz CT molecular complexity index is 616. The van der Waals surface area contributed by atoms with Crippen molar-refractivity contribution in [2.24, 2.45) is 0 Å². The number of thiol groups is 1. The van der Waals surface area contributed by atoms with Crippen molar-refractivity contribution >= 4 is 28.3 Å². The van der Waals surface area contributed by atoms with Crippen LogP contribution in [0.5, 0.6) is 0 Å². The molecule has 0 saturated carbocycles. The van der Waals surface area contributed by atoms with Crippen LogP contribution >= 0.6 is 0 Å². The number of rotatable bonds is 7. The highest BCUT2D eigenvalue weighted by atomic mass is 32.2. The maximum absolute atomic E-state index is 11.7. The van der Waals surface area contributed by atoms with Gasteiger partial charge in [0.05, 0.1) is 12.3 Å². The summed E-state index contributed by atoms with van der Waals surface area (Å²) >= 11 is 0. The lowest BCUT2D eigenvalue weighted by atomic mass is 10.1. The molecule has 0 heterocycles. The van der Waals surface area contributed by atoms with Gasteiger partial charge in [-0.3, -0.25) is 9.59 Å². The monoisotopic (exact) mass is 327 g/mol. The first-order chi connectivity index (χ1) is 10.3. The molecular weight excluding hydrogens is 306 g/mol. The van der Waals surface area contributed by atoms with Gasteiger partial charge in [-0.25, -0.2) is 8.42 Å². The predicted octanol–water partition coefficient (Wildman–Crippen LogP) is 1.06. The highest BCUT2D eigenvalue weighted by molar-refractivity contribution is 7.72. The Labute approximate surface area is 132 Å². The minimum atomic E-state index is -2.39. The molecule has 1 amide bonds. The van der Waals surface area contributed by atoms with E-state index in [1.807, 2.05) is 19.1 Å². The van der Waals surface area contributed by atoms with Gasteiger partial charge in [-0.1, -0.05) is 6.07 Å². The van der Waals surface area contributed by atoms with E-state index in [0.717, 1.165) is 11.1 Å². The van der Waals surface area contributed by atoms with Gasteiger partial charge in [0.15, 0.2) is 0 Å². The average Bonchev–Trinajstić information content (AvgIpc) is 2.41. The lowest BCUT2D eigenvalue weighted by Gasteiger charge is -2.22. The van der Waals surface area contributed by atoms with Crippen molar-refractivity contribution in [3.8, 4) is 0 Å². The third-order valence-electron chi connectivity index (χ3n) is 3.20. The van der Waals surface area contributed by atoms with Crippen molar-refractivity contribution < 1.29 is 22.7 Å². The first-order valence-corrected chi connectivity index (χ1v) is 8.30. The summed E-state index contributed by atoms with van der Waals surface area (Å²) < 4.78 is 26.2. The van der Waals surface area contributed by atoms with Crippen molar-refractivity contribution in [2.45, 2.75) is 27.2 Å². The zero-order chi connectivity index (χ0) is 16.7. The van der Waals surface area contributed by atoms with E-state index in [2.05, 4.69) is 0 Å². The van der Waals surface area contributed by atoms with Gasteiger partial charge in [0.25, 0.3) is 0 Å². The Morgan fingerprint density at radius 3 is 2.41 bits per heavy atom. The molecule has 0 bridgehead atoms. The number of ether oxygens (including phenoxy) is 1. The smallest absolute Gasteiger partial charge is 0.302 e. The predicted molar refractivity (Wildman–Crippen MR) is 84.7 cm³/mol. The van der Waals surface area contributed by atoms with Crippen LogP contribution < -0.4 is 4.90 Å². The second kappa shape index (κ2) is 8.53. The third-order valence-corrected chi connectivity index (χ3v) is 3.79. The summed E-state index contributed by atoms with van der Waals surface area (Å²) in [5, 5.41) is 0. The van der Waals surface area contributed by atoms with Crippen LogP contribution in [-0.4, -0.2) is 39.2 Å². The number of aryl methyl sites for hydroxylation is 2. The van der Waals surface area contributed by atoms with Crippen LogP contribution in [0, 0.1) is 6.92 Å². The zero-order valence-electron chi connectivity index (χ0n) is 13.0. The first kappa shape index (κ1) is 18.2. The van der Waals surface area contributed by atoms with Crippen LogP contribution in [0.15, 0.2) is 18.2 Å². The summed E-state index contributed by atoms with van der Waals surface area (Å²) in [5.74, 6) is -0.429. The number of esters is 1. The van der Waals surface area contributed by atoms with Gasteiger partial charge in [-0.05, 0) is 36.6 Å². The Morgan fingerprint density at radius 1 is 1.23 bits per heavy atom. The Morgan fingerprint density at radius 2 is 1.91 bits per heavy atom. The van der Waals surface area contributed by atoms with E-state index in [9.17, 15) is 18.0 Å². The van der Waals surface area contributed by atoms with Crippen molar-refractivity contribution in [3.63, 3.8) is 0 Å². The van der Waals surface area contributed by atoms with Crippen LogP contribution in [-0.2, 0) is 31.5 Å². The van der Waals surface area contributed by atoms with Crippen molar-refractivity contribution in [3.05, 3.63) is 29.3 Å². The molecule has 0 atom stereocenters. The Hall–Kier alpha value is -1.89. The van der Waals surface area contributed by atoms with Crippen molar-refractivity contribution in [1.82, 2.24) is 0 Å². The second-order valence-corrected chi connectivity index (χ2v) is 6.04. The number of hydrogen-bond donors (Lipinski definition) is 1. The average molecular weight is 327 g/mol. The fourth-order valence-corrected chi connectivity index (χ4v) is 2.51. The lowest BCUT2D eigenvalue weighted by molar-refractivity contribution is -0.140. The SMILES string of the molecule is CC(=O)OCCN(C(C)=O)c1ccc(CC[SH](=O)=O)c(C)c1. The highest BCUT2D eigenvalue weighted by Crippen LogP contribution is 2.20. The summed E-state index contributed by atoms with van der Waals surface area (Å²) in [6, 6.07) is 5.43. The normalized spacial score (nSPS) is 10.5. The van der Waals surface area contributed by atoms with Gasteiger partial charge >= 0.3 is 5.97 Å². The summed E-state index contributed by atoms with van der Waals surface area (Å²) in [6.45, 7) is 5.05. The topological polar surface area (TPSA) is 80.8 Å². The highest BCUT2D eigenvalue weighted by Gasteiger charge is 2.13. The summed E-state index contributed by atoms with van der Waals surface area (Å²) in [4.78, 5) is 24.0. The van der Waals surface area contributed by atoms with Gasteiger partial charge in [-0.2, -0.15) is 0 Å². The molecule has 0 unspecified atom stereocenters. The molecule has 0 spiro atoms. The molecule has 0 radical (unpaired) electrons.